The van der Waals surface area contributed by atoms with Gasteiger partial charge in [0.2, 0.25) is 0 Å². The molecule has 0 N–H and O–H groups in total. The van der Waals surface area contributed by atoms with E-state index >= 15 is 0 Å². The maximum absolute atomic E-state index is 5.34. The summed E-state index contributed by atoms with van der Waals surface area (Å²) < 4.78 is 10.7. The molecule has 0 radical (unpaired) electrons. The Kier molecular flexibility index (Phi) is 3.64. The van der Waals surface area contributed by atoms with Crippen LogP contribution in [0.15, 0.2) is 47.1 Å². The van der Waals surface area contributed by atoms with Crippen LogP contribution in [0.4, 0.5) is 0 Å². The van der Waals surface area contributed by atoms with E-state index in [0.717, 1.165) is 23.5 Å². The molecule has 0 bridgehead atoms. The number of allylic oxidation sites excluding steroid dienone is 5. The van der Waals surface area contributed by atoms with Gasteiger partial charge in [0.1, 0.15) is 11.5 Å². The summed E-state index contributed by atoms with van der Waals surface area (Å²) in [6.07, 6.45) is 11.6. The summed E-state index contributed by atoms with van der Waals surface area (Å²) in [4.78, 5) is 0. The molecule has 20 heavy (non-hydrogen) atoms. The van der Waals surface area contributed by atoms with Crippen molar-refractivity contribution in [1.82, 2.24) is 0 Å². The van der Waals surface area contributed by atoms with Crippen molar-refractivity contribution in [2.24, 2.45) is 0 Å². The molecule has 2 aliphatic rings. The smallest absolute Gasteiger partial charge is 0.123 e. The number of ether oxygens (including phenoxy) is 2. The van der Waals surface area contributed by atoms with E-state index in [4.69, 9.17) is 9.47 Å². The molecule has 0 aromatic heterocycles. The van der Waals surface area contributed by atoms with Gasteiger partial charge in [0.25, 0.3) is 0 Å². The highest BCUT2D eigenvalue weighted by Gasteiger charge is 2.18. The van der Waals surface area contributed by atoms with Crippen LogP contribution in [0, 0.1) is 0 Å². The lowest BCUT2D eigenvalue weighted by Crippen LogP contribution is -1.94. The van der Waals surface area contributed by atoms with Crippen LogP contribution in [0.2, 0.25) is 0 Å². The van der Waals surface area contributed by atoms with Gasteiger partial charge in [-0.1, -0.05) is 18.2 Å². The third-order valence-corrected chi connectivity index (χ3v) is 4.02. The highest BCUT2D eigenvalue weighted by atomic mass is 16.5. The van der Waals surface area contributed by atoms with Gasteiger partial charge in [-0.25, -0.2) is 0 Å². The molecule has 2 aliphatic carbocycles. The van der Waals surface area contributed by atoms with E-state index in [1.54, 1.807) is 19.8 Å². The maximum Gasteiger partial charge on any atom is 0.123 e. The van der Waals surface area contributed by atoms with Crippen molar-refractivity contribution in [1.29, 1.82) is 0 Å². The third-order valence-electron chi connectivity index (χ3n) is 4.02. The van der Waals surface area contributed by atoms with E-state index in [2.05, 4.69) is 30.4 Å². The normalized spacial score (nSPS) is 19.4. The largest absolute Gasteiger partial charge is 0.497 e. The Labute approximate surface area is 120 Å². The second kappa shape index (κ2) is 5.58. The summed E-state index contributed by atoms with van der Waals surface area (Å²) in [5.41, 5.74) is 5.66. The molecule has 0 saturated carbocycles. The minimum atomic E-state index is 0.836. The van der Waals surface area contributed by atoms with E-state index in [0.29, 0.717) is 0 Å². The van der Waals surface area contributed by atoms with Crippen molar-refractivity contribution in [3.63, 3.8) is 0 Å². The predicted molar refractivity (Wildman–Crippen MR) is 82.2 cm³/mol. The Morgan fingerprint density at radius 3 is 2.45 bits per heavy atom. The van der Waals surface area contributed by atoms with Crippen LogP contribution < -0.4 is 9.47 Å². The second-order valence-electron chi connectivity index (χ2n) is 5.28. The average molecular weight is 268 g/mol. The summed E-state index contributed by atoms with van der Waals surface area (Å²) in [5, 5.41) is 0. The molecule has 0 unspecified atom stereocenters. The molecule has 0 fully saturated rings. The van der Waals surface area contributed by atoms with Gasteiger partial charge >= 0.3 is 0 Å². The average Bonchev–Trinajstić information content (AvgIpc) is 2.96. The van der Waals surface area contributed by atoms with Crippen LogP contribution in [0.25, 0.3) is 6.08 Å². The van der Waals surface area contributed by atoms with E-state index in [1.165, 1.54) is 30.4 Å². The van der Waals surface area contributed by atoms with Gasteiger partial charge in [0.05, 0.1) is 14.2 Å². The van der Waals surface area contributed by atoms with Crippen molar-refractivity contribution < 1.29 is 9.47 Å². The summed E-state index contributed by atoms with van der Waals surface area (Å²) >= 11 is 0. The van der Waals surface area contributed by atoms with Crippen LogP contribution >= 0.6 is 0 Å². The zero-order chi connectivity index (χ0) is 13.9. The van der Waals surface area contributed by atoms with Crippen molar-refractivity contribution in [2.45, 2.75) is 25.7 Å². The molecule has 1 aromatic carbocycles. The first kappa shape index (κ1) is 13.0. The van der Waals surface area contributed by atoms with E-state index in [1.807, 2.05) is 6.07 Å². The summed E-state index contributed by atoms with van der Waals surface area (Å²) in [6.45, 7) is 0. The van der Waals surface area contributed by atoms with Gasteiger partial charge in [-0.2, -0.15) is 0 Å². The first-order chi connectivity index (χ1) is 9.80. The maximum atomic E-state index is 5.34. The van der Waals surface area contributed by atoms with Crippen molar-refractivity contribution >= 4 is 6.08 Å². The lowest BCUT2D eigenvalue weighted by molar-refractivity contribution is 0.394. The van der Waals surface area contributed by atoms with Crippen LogP contribution in [0.1, 0.15) is 31.2 Å². The van der Waals surface area contributed by atoms with Gasteiger partial charge in [-0.05, 0) is 60.1 Å². The first-order valence-corrected chi connectivity index (χ1v) is 7.13. The summed E-state index contributed by atoms with van der Waals surface area (Å²) in [5.74, 6) is 1.67. The molecule has 0 spiro atoms. The fourth-order valence-electron chi connectivity index (χ4n) is 3.03. The van der Waals surface area contributed by atoms with Gasteiger partial charge < -0.3 is 9.47 Å². The second-order valence-corrected chi connectivity index (χ2v) is 5.28. The molecule has 1 aromatic rings. The molecule has 0 aliphatic heterocycles. The van der Waals surface area contributed by atoms with Gasteiger partial charge in [-0.3, -0.25) is 0 Å². The van der Waals surface area contributed by atoms with E-state index < -0.39 is 0 Å². The molecule has 2 nitrogen and oxygen atoms in total. The summed E-state index contributed by atoms with van der Waals surface area (Å²) in [6, 6.07) is 6.02. The van der Waals surface area contributed by atoms with E-state index in [9.17, 15) is 0 Å². The van der Waals surface area contributed by atoms with Gasteiger partial charge in [0, 0.05) is 6.07 Å². The molecular weight excluding hydrogens is 248 g/mol. The highest BCUT2D eigenvalue weighted by molar-refractivity contribution is 5.65. The molecule has 0 saturated heterocycles. The SMILES string of the molecule is COc1cc(/C=C2\CC=CC3=C2CCC3)cc(OC)c1. The molecule has 0 amide bonds. The van der Waals surface area contributed by atoms with Gasteiger partial charge in [-0.15, -0.1) is 0 Å². The topological polar surface area (TPSA) is 18.5 Å². The minimum Gasteiger partial charge on any atom is -0.497 e. The fraction of sp³-hybridized carbons (Fsp3) is 0.333. The molecule has 0 heterocycles. The summed E-state index contributed by atoms with van der Waals surface area (Å²) in [7, 11) is 3.37. The van der Waals surface area contributed by atoms with Crippen LogP contribution in [-0.2, 0) is 0 Å². The Bertz CT molecular complexity index is 584. The third kappa shape index (κ3) is 2.51. The molecule has 0 atom stereocenters. The standard InChI is InChI=1S/C18H20O2/c1-19-16-10-13(11-17(12-16)20-2)9-15-7-3-5-14-6-4-8-18(14)15/h3,5,9-12H,4,6-8H2,1-2H3/b15-9+. The Hall–Kier alpha value is -1.96. The Balaban J connectivity index is 1.97. The molecule has 3 rings (SSSR count). The lowest BCUT2D eigenvalue weighted by atomic mass is 9.92. The number of hydrogen-bond acceptors (Lipinski definition) is 2. The number of benzene rings is 1. The Morgan fingerprint density at radius 2 is 1.75 bits per heavy atom. The molecular formula is C18H20O2. The lowest BCUT2D eigenvalue weighted by Gasteiger charge is -2.14. The monoisotopic (exact) mass is 268 g/mol. The molecule has 104 valence electrons. The Morgan fingerprint density at radius 1 is 1.00 bits per heavy atom. The molecule has 2 heteroatoms. The zero-order valence-corrected chi connectivity index (χ0v) is 12.1. The number of methoxy groups -OCH3 is 2. The van der Waals surface area contributed by atoms with Gasteiger partial charge in [0.15, 0.2) is 0 Å². The van der Waals surface area contributed by atoms with E-state index in [-0.39, 0.29) is 0 Å². The van der Waals surface area contributed by atoms with Crippen molar-refractivity contribution in [2.75, 3.05) is 14.2 Å². The van der Waals surface area contributed by atoms with Crippen molar-refractivity contribution in [3.05, 3.63) is 52.6 Å². The van der Waals surface area contributed by atoms with Crippen LogP contribution in [0.3, 0.4) is 0 Å². The van der Waals surface area contributed by atoms with Crippen molar-refractivity contribution in [3.8, 4) is 11.5 Å². The highest BCUT2D eigenvalue weighted by Crippen LogP contribution is 2.38. The first-order valence-electron chi connectivity index (χ1n) is 7.13. The van der Waals surface area contributed by atoms with Crippen LogP contribution in [0.5, 0.6) is 11.5 Å². The zero-order valence-electron chi connectivity index (χ0n) is 12.1. The quantitative estimate of drug-likeness (QED) is 0.802. The fourth-order valence-corrected chi connectivity index (χ4v) is 3.03. The predicted octanol–water partition coefficient (Wildman–Crippen LogP) is 4.53. The minimum absolute atomic E-state index is 0.836. The number of rotatable bonds is 3. The number of hydrogen-bond donors (Lipinski definition) is 0. The van der Waals surface area contributed by atoms with Crippen LogP contribution in [-0.4, -0.2) is 14.2 Å².